The number of nitrogens with one attached hydrogen (secondary N) is 1. The van der Waals surface area contributed by atoms with Crippen LogP contribution in [0.3, 0.4) is 0 Å². The topological polar surface area (TPSA) is 37.3 Å². The van der Waals surface area contributed by atoms with E-state index in [4.69, 9.17) is 0 Å². The molecule has 2 aliphatic carbocycles. The molecule has 1 aromatic carbocycles. The first-order chi connectivity index (χ1) is 14.4. The van der Waals surface area contributed by atoms with Crippen LogP contribution < -0.4 is 5.32 Å². The van der Waals surface area contributed by atoms with Crippen molar-refractivity contribution in [2.75, 3.05) is 13.6 Å². The van der Waals surface area contributed by atoms with Crippen LogP contribution in [0.5, 0.6) is 0 Å². The standard InChI is InChI=1S/C26H37N3O/c1-17(2)29-15-18-13-23-21(20-11-8-12-22(29)24(18)20)14-26(3,16-28(23)4)25(30)27-19-9-6-5-7-10-19/h8,11-12,15,17,19,21,23H,5-7,9-10,13-14,16H2,1-4H3,(H,27,30)/t21-,23-,26?/m1/s1. The third kappa shape index (κ3) is 3.19. The van der Waals surface area contributed by atoms with Crippen molar-refractivity contribution >= 4 is 16.8 Å². The molecule has 2 aromatic rings. The monoisotopic (exact) mass is 407 g/mol. The van der Waals surface area contributed by atoms with Gasteiger partial charge in [-0.25, -0.2) is 0 Å². The van der Waals surface area contributed by atoms with Crippen molar-refractivity contribution in [3.63, 3.8) is 0 Å². The largest absolute Gasteiger partial charge is 0.353 e. The van der Waals surface area contributed by atoms with Gasteiger partial charge in [-0.3, -0.25) is 4.79 Å². The average Bonchev–Trinajstić information content (AvgIpc) is 3.10. The first-order valence-corrected chi connectivity index (χ1v) is 12.0. The quantitative estimate of drug-likeness (QED) is 0.776. The third-order valence-corrected chi connectivity index (χ3v) is 8.14. The second-order valence-electron chi connectivity index (χ2n) is 10.8. The van der Waals surface area contributed by atoms with Crippen LogP contribution in [0.1, 0.15) is 82.4 Å². The second-order valence-corrected chi connectivity index (χ2v) is 10.8. The van der Waals surface area contributed by atoms with E-state index in [0.717, 1.165) is 32.2 Å². The molecule has 162 valence electrons. The van der Waals surface area contributed by atoms with E-state index in [9.17, 15) is 4.79 Å². The van der Waals surface area contributed by atoms with E-state index in [-0.39, 0.29) is 11.3 Å². The minimum atomic E-state index is -0.326. The van der Waals surface area contributed by atoms with E-state index < -0.39 is 0 Å². The van der Waals surface area contributed by atoms with Gasteiger partial charge < -0.3 is 14.8 Å². The summed E-state index contributed by atoms with van der Waals surface area (Å²) in [6.45, 7) is 7.58. The van der Waals surface area contributed by atoms with Gasteiger partial charge in [-0.05, 0) is 70.7 Å². The molecule has 1 aliphatic heterocycles. The molecule has 5 rings (SSSR count). The number of aromatic nitrogens is 1. The Morgan fingerprint density at radius 1 is 1.20 bits per heavy atom. The number of hydrogen-bond acceptors (Lipinski definition) is 2. The lowest BCUT2D eigenvalue weighted by atomic mass is 9.66. The molecule has 0 radical (unpaired) electrons. The molecule has 0 bridgehead atoms. The molecule has 1 N–H and O–H groups in total. The van der Waals surface area contributed by atoms with Gasteiger partial charge in [-0.2, -0.15) is 0 Å². The number of carbonyl (C=O) groups is 1. The summed E-state index contributed by atoms with van der Waals surface area (Å²) >= 11 is 0. The van der Waals surface area contributed by atoms with Gasteiger partial charge in [-0.15, -0.1) is 0 Å². The van der Waals surface area contributed by atoms with Crippen LogP contribution >= 0.6 is 0 Å². The molecule has 1 saturated carbocycles. The molecule has 1 saturated heterocycles. The molecular weight excluding hydrogens is 370 g/mol. The smallest absolute Gasteiger partial charge is 0.227 e. The first-order valence-electron chi connectivity index (χ1n) is 12.0. The number of likely N-dealkylation sites (tertiary alicyclic amines) is 1. The van der Waals surface area contributed by atoms with Crippen molar-refractivity contribution in [1.82, 2.24) is 14.8 Å². The highest BCUT2D eigenvalue weighted by atomic mass is 16.2. The Kier molecular flexibility index (Phi) is 4.96. The predicted molar refractivity (Wildman–Crippen MR) is 123 cm³/mol. The van der Waals surface area contributed by atoms with Crippen LogP contribution in [-0.4, -0.2) is 41.1 Å². The summed E-state index contributed by atoms with van der Waals surface area (Å²) in [7, 11) is 2.23. The zero-order chi connectivity index (χ0) is 21.0. The molecule has 2 heterocycles. The average molecular weight is 408 g/mol. The highest BCUT2D eigenvalue weighted by molar-refractivity contribution is 5.90. The maximum absolute atomic E-state index is 13.4. The third-order valence-electron chi connectivity index (χ3n) is 8.14. The van der Waals surface area contributed by atoms with Crippen LogP contribution in [0.15, 0.2) is 24.4 Å². The van der Waals surface area contributed by atoms with Crippen LogP contribution in [0.25, 0.3) is 10.9 Å². The maximum atomic E-state index is 13.4. The van der Waals surface area contributed by atoms with E-state index in [1.807, 2.05) is 0 Å². The molecule has 2 fully saturated rings. The van der Waals surface area contributed by atoms with Crippen LogP contribution in [-0.2, 0) is 11.2 Å². The van der Waals surface area contributed by atoms with E-state index >= 15 is 0 Å². The number of fused-ring (bicyclic) bond motifs is 2. The summed E-state index contributed by atoms with van der Waals surface area (Å²) in [6.07, 6.45) is 10.5. The highest BCUT2D eigenvalue weighted by Gasteiger charge is 2.48. The van der Waals surface area contributed by atoms with Crippen molar-refractivity contribution < 1.29 is 4.79 Å². The number of rotatable bonds is 3. The Morgan fingerprint density at radius 2 is 1.97 bits per heavy atom. The lowest BCUT2D eigenvalue weighted by molar-refractivity contribution is -0.135. The number of hydrogen-bond donors (Lipinski definition) is 1. The van der Waals surface area contributed by atoms with Crippen molar-refractivity contribution in [1.29, 1.82) is 0 Å². The number of piperidine rings is 1. The fourth-order valence-corrected chi connectivity index (χ4v) is 6.59. The van der Waals surface area contributed by atoms with Gasteiger partial charge >= 0.3 is 0 Å². The number of amides is 1. The van der Waals surface area contributed by atoms with E-state index in [0.29, 0.717) is 24.0 Å². The number of likely N-dealkylation sites (N-methyl/N-ethyl adjacent to an activating group) is 1. The molecule has 30 heavy (non-hydrogen) atoms. The van der Waals surface area contributed by atoms with Gasteiger partial charge in [0.2, 0.25) is 5.91 Å². The molecule has 4 nitrogen and oxygen atoms in total. The zero-order valence-electron chi connectivity index (χ0n) is 19.1. The van der Waals surface area contributed by atoms with E-state index in [2.05, 4.69) is 67.0 Å². The van der Waals surface area contributed by atoms with Gasteiger partial charge in [0.15, 0.2) is 0 Å². The summed E-state index contributed by atoms with van der Waals surface area (Å²) in [6, 6.07) is 8.14. The van der Waals surface area contributed by atoms with Crippen molar-refractivity contribution in [3.05, 3.63) is 35.5 Å². The summed E-state index contributed by atoms with van der Waals surface area (Å²) in [5, 5.41) is 4.89. The van der Waals surface area contributed by atoms with Gasteiger partial charge in [-0.1, -0.05) is 31.4 Å². The Bertz CT molecular complexity index is 955. The Morgan fingerprint density at radius 3 is 2.70 bits per heavy atom. The van der Waals surface area contributed by atoms with Crippen molar-refractivity contribution in [3.8, 4) is 0 Å². The first kappa shape index (κ1) is 20.1. The zero-order valence-corrected chi connectivity index (χ0v) is 19.1. The Labute approximate surface area is 181 Å². The number of carbonyl (C=O) groups excluding carboxylic acids is 1. The normalized spacial score (nSPS) is 29.9. The minimum Gasteiger partial charge on any atom is -0.353 e. The summed E-state index contributed by atoms with van der Waals surface area (Å²) in [5.41, 5.74) is 3.98. The summed E-state index contributed by atoms with van der Waals surface area (Å²) in [5.74, 6) is 0.697. The van der Waals surface area contributed by atoms with E-state index in [1.54, 1.807) is 0 Å². The number of benzene rings is 1. The van der Waals surface area contributed by atoms with Gasteiger partial charge in [0.05, 0.1) is 5.41 Å². The van der Waals surface area contributed by atoms with Crippen LogP contribution in [0, 0.1) is 5.41 Å². The fraction of sp³-hybridized carbons (Fsp3) is 0.654. The molecule has 1 aromatic heterocycles. The molecule has 1 unspecified atom stereocenters. The van der Waals surface area contributed by atoms with Crippen LogP contribution in [0.4, 0.5) is 0 Å². The van der Waals surface area contributed by atoms with Gasteiger partial charge in [0.1, 0.15) is 0 Å². The summed E-state index contributed by atoms with van der Waals surface area (Å²) < 4.78 is 2.43. The minimum absolute atomic E-state index is 0.275. The molecule has 1 amide bonds. The molecule has 3 aliphatic rings. The lowest BCUT2D eigenvalue weighted by Crippen LogP contribution is -2.57. The van der Waals surface area contributed by atoms with Crippen molar-refractivity contribution in [2.24, 2.45) is 5.41 Å². The van der Waals surface area contributed by atoms with Gasteiger partial charge in [0.25, 0.3) is 0 Å². The Hall–Kier alpha value is -1.81. The Balaban J connectivity index is 1.47. The van der Waals surface area contributed by atoms with Crippen LogP contribution in [0.2, 0.25) is 0 Å². The SMILES string of the molecule is CC(C)n1cc2c3c(cccc31)[C@H]1CC(C)(C(=O)NC3CCCCC3)CN(C)[C@@H]1C2. The fourth-order valence-electron chi connectivity index (χ4n) is 6.59. The molecule has 3 atom stereocenters. The number of nitrogens with zero attached hydrogens (tertiary/aromatic N) is 2. The van der Waals surface area contributed by atoms with Gasteiger partial charge in [0, 0.05) is 47.7 Å². The molecule has 0 spiro atoms. The predicted octanol–water partition coefficient (Wildman–Crippen LogP) is 5.02. The molecule has 4 heteroatoms. The maximum Gasteiger partial charge on any atom is 0.227 e. The second kappa shape index (κ2) is 7.40. The van der Waals surface area contributed by atoms with E-state index in [1.165, 1.54) is 41.3 Å². The molecular formula is C26H37N3O. The lowest BCUT2D eigenvalue weighted by Gasteiger charge is -2.49. The highest BCUT2D eigenvalue weighted by Crippen LogP contribution is 2.48. The summed E-state index contributed by atoms with van der Waals surface area (Å²) in [4.78, 5) is 15.9. The van der Waals surface area contributed by atoms with Crippen molar-refractivity contribution in [2.45, 2.75) is 89.8 Å².